The monoisotopic (exact) mass is 530 g/mol. The van der Waals surface area contributed by atoms with Crippen LogP contribution in [-0.2, 0) is 0 Å². The summed E-state index contributed by atoms with van der Waals surface area (Å²) >= 11 is 6.36. The molecule has 0 radical (unpaired) electrons. The normalized spacial score (nSPS) is 12.0. The number of hydrogen-bond donors (Lipinski definition) is 1. The highest BCUT2D eigenvalue weighted by Gasteiger charge is 2.21. The Kier molecular flexibility index (Phi) is 7.92. The van der Waals surface area contributed by atoms with E-state index in [0.29, 0.717) is 24.3 Å². The van der Waals surface area contributed by atoms with E-state index >= 15 is 0 Å². The number of aromatic nitrogens is 3. The largest absolute Gasteiger partial charge is 0.494 e. The summed E-state index contributed by atoms with van der Waals surface area (Å²) in [4.78, 5) is 17.8. The summed E-state index contributed by atoms with van der Waals surface area (Å²) in [6, 6.07) is 7.88. The van der Waals surface area contributed by atoms with Crippen molar-refractivity contribution in [1.29, 1.82) is 0 Å². The van der Waals surface area contributed by atoms with Crippen LogP contribution in [0.5, 0.6) is 5.75 Å². The van der Waals surface area contributed by atoms with Crippen LogP contribution in [0.3, 0.4) is 0 Å². The second kappa shape index (κ2) is 11.1. The average Bonchev–Trinajstić information content (AvgIpc) is 3.31. The highest BCUT2D eigenvalue weighted by molar-refractivity contribution is 6.30. The molecule has 1 N–H and O–H groups in total. The lowest BCUT2D eigenvalue weighted by Gasteiger charge is -2.22. The van der Waals surface area contributed by atoms with Crippen molar-refractivity contribution in [3.63, 3.8) is 0 Å². The summed E-state index contributed by atoms with van der Waals surface area (Å²) in [7, 11) is 1.54. The van der Waals surface area contributed by atoms with Crippen LogP contribution in [0, 0.1) is 24.4 Å². The van der Waals surface area contributed by atoms with E-state index in [0.717, 1.165) is 29.9 Å². The van der Waals surface area contributed by atoms with E-state index in [1.54, 1.807) is 18.5 Å². The molecule has 0 spiro atoms. The van der Waals surface area contributed by atoms with E-state index in [9.17, 15) is 18.0 Å². The molecular weight excluding hydrogens is 505 g/mol. The molecule has 0 amide bonds. The number of benzene rings is 2. The Labute approximate surface area is 217 Å². The third kappa shape index (κ3) is 5.67. The molecule has 0 fully saturated rings. The van der Waals surface area contributed by atoms with Crippen molar-refractivity contribution in [3.8, 4) is 11.4 Å². The van der Waals surface area contributed by atoms with Gasteiger partial charge in [-0.2, -0.15) is 0 Å². The molecule has 1 atom stereocenters. The van der Waals surface area contributed by atoms with Crippen LogP contribution in [0.15, 0.2) is 59.9 Å². The standard InChI is InChI=1S/C27H26ClF3N4O2/c1-4-5-6-23(17-9-20(29)26(31)21(30)10-17)35-14-18(28)11-22(27(35)36)33-19-7-8-24(25(12-19)37-3)34-13-16(2)32-15-34/h7-15,23,33H,4-6H2,1-3H3. The molecule has 0 saturated carbocycles. The zero-order chi connectivity index (χ0) is 26.7. The number of nitrogens with one attached hydrogen (secondary N) is 1. The number of halogens is 4. The van der Waals surface area contributed by atoms with E-state index in [4.69, 9.17) is 16.3 Å². The van der Waals surface area contributed by atoms with Crippen LogP contribution in [0.2, 0.25) is 5.02 Å². The zero-order valence-corrected chi connectivity index (χ0v) is 21.3. The first kappa shape index (κ1) is 26.3. The topological polar surface area (TPSA) is 61.1 Å². The highest BCUT2D eigenvalue weighted by Crippen LogP contribution is 2.30. The number of nitrogens with zero attached hydrogens (tertiary/aromatic N) is 3. The molecule has 2 aromatic carbocycles. The van der Waals surface area contributed by atoms with Crippen LogP contribution < -0.4 is 15.6 Å². The number of hydrogen-bond acceptors (Lipinski definition) is 4. The van der Waals surface area contributed by atoms with Gasteiger partial charge in [0.2, 0.25) is 0 Å². The van der Waals surface area contributed by atoms with E-state index in [1.165, 1.54) is 23.9 Å². The molecule has 2 heterocycles. The van der Waals surface area contributed by atoms with E-state index in [2.05, 4.69) is 10.3 Å². The summed E-state index contributed by atoms with van der Waals surface area (Å²) in [6.07, 6.45) is 6.80. The molecule has 1 unspecified atom stereocenters. The molecule has 0 bridgehead atoms. The van der Waals surface area contributed by atoms with Crippen LogP contribution in [0.25, 0.3) is 5.69 Å². The third-order valence-corrected chi connectivity index (χ3v) is 6.22. The summed E-state index contributed by atoms with van der Waals surface area (Å²) in [5.41, 5.74) is 2.02. The second-order valence-electron chi connectivity index (χ2n) is 8.67. The Morgan fingerprint density at radius 3 is 2.46 bits per heavy atom. The lowest BCUT2D eigenvalue weighted by atomic mass is 10.00. The van der Waals surface area contributed by atoms with E-state index < -0.39 is 29.1 Å². The minimum Gasteiger partial charge on any atom is -0.494 e. The number of aryl methyl sites for hydroxylation is 1. The highest BCUT2D eigenvalue weighted by atomic mass is 35.5. The number of ether oxygens (including phenoxy) is 1. The van der Waals surface area contributed by atoms with Crippen LogP contribution in [0.1, 0.15) is 43.5 Å². The number of anilines is 2. The quantitative estimate of drug-likeness (QED) is 0.238. The first-order chi connectivity index (χ1) is 17.7. The Morgan fingerprint density at radius 1 is 1.11 bits per heavy atom. The predicted molar refractivity (Wildman–Crippen MR) is 138 cm³/mol. The van der Waals surface area contributed by atoms with Gasteiger partial charge in [0, 0.05) is 24.1 Å². The first-order valence-corrected chi connectivity index (χ1v) is 12.1. The van der Waals surface area contributed by atoms with Gasteiger partial charge in [-0.15, -0.1) is 0 Å². The van der Waals surface area contributed by atoms with Gasteiger partial charge in [0.05, 0.1) is 35.9 Å². The molecule has 4 rings (SSSR count). The number of methoxy groups -OCH3 is 1. The van der Waals surface area contributed by atoms with Crippen LogP contribution in [-0.4, -0.2) is 21.2 Å². The Balaban J connectivity index is 1.74. The molecule has 2 aromatic heterocycles. The second-order valence-corrected chi connectivity index (χ2v) is 9.11. The maximum Gasteiger partial charge on any atom is 0.274 e. The Morgan fingerprint density at radius 2 is 1.84 bits per heavy atom. The lowest BCUT2D eigenvalue weighted by Crippen LogP contribution is -2.27. The van der Waals surface area contributed by atoms with Gasteiger partial charge in [-0.25, -0.2) is 18.2 Å². The maximum atomic E-state index is 14.1. The van der Waals surface area contributed by atoms with Gasteiger partial charge in [0.15, 0.2) is 17.5 Å². The molecule has 10 heteroatoms. The van der Waals surface area contributed by atoms with E-state index in [-0.39, 0.29) is 16.3 Å². The van der Waals surface area contributed by atoms with Gasteiger partial charge in [-0.05, 0) is 49.2 Å². The van der Waals surface area contributed by atoms with Crippen LogP contribution >= 0.6 is 11.6 Å². The Bertz CT molecular complexity index is 1460. The fraction of sp³-hybridized carbons (Fsp3) is 0.259. The lowest BCUT2D eigenvalue weighted by molar-refractivity contribution is 0.413. The van der Waals surface area contributed by atoms with Crippen molar-refractivity contribution in [2.24, 2.45) is 0 Å². The fourth-order valence-corrected chi connectivity index (χ4v) is 4.41. The van der Waals surface area contributed by atoms with Gasteiger partial charge >= 0.3 is 0 Å². The molecule has 0 aliphatic rings. The predicted octanol–water partition coefficient (Wildman–Crippen LogP) is 6.94. The SMILES string of the molecule is CCCCC(c1cc(F)c(F)c(F)c1)n1cc(Cl)cc(Nc2ccc(-n3cnc(C)c3)c(OC)c2)c1=O. The minimum atomic E-state index is -1.55. The zero-order valence-electron chi connectivity index (χ0n) is 20.6. The molecule has 194 valence electrons. The summed E-state index contributed by atoms with van der Waals surface area (Å²) in [5, 5.41) is 3.32. The summed E-state index contributed by atoms with van der Waals surface area (Å²) in [6.45, 7) is 3.84. The van der Waals surface area contributed by atoms with Crippen LogP contribution in [0.4, 0.5) is 24.5 Å². The van der Waals surface area contributed by atoms with Gasteiger partial charge in [0.25, 0.3) is 5.56 Å². The van der Waals surface area contributed by atoms with Crippen molar-refractivity contribution >= 4 is 23.0 Å². The molecule has 0 aliphatic carbocycles. The molecule has 6 nitrogen and oxygen atoms in total. The van der Waals surface area contributed by atoms with Crippen molar-refractivity contribution in [3.05, 3.63) is 99.2 Å². The fourth-order valence-electron chi connectivity index (χ4n) is 4.20. The van der Waals surface area contributed by atoms with Gasteiger partial charge in [-0.3, -0.25) is 4.79 Å². The maximum absolute atomic E-state index is 14.1. The average molecular weight is 531 g/mol. The number of pyridine rings is 1. The minimum absolute atomic E-state index is 0.141. The Hall–Kier alpha value is -3.72. The van der Waals surface area contributed by atoms with Gasteiger partial charge < -0.3 is 19.2 Å². The van der Waals surface area contributed by atoms with Gasteiger partial charge in [-0.1, -0.05) is 31.4 Å². The van der Waals surface area contributed by atoms with Gasteiger partial charge in [0.1, 0.15) is 11.4 Å². The number of rotatable bonds is 9. The molecular formula is C27H26ClF3N4O2. The smallest absolute Gasteiger partial charge is 0.274 e. The van der Waals surface area contributed by atoms with E-state index in [1.807, 2.05) is 30.7 Å². The summed E-state index contributed by atoms with van der Waals surface area (Å²) < 4.78 is 50.4. The number of unbranched alkanes of at least 4 members (excludes halogenated alkanes) is 1. The molecule has 37 heavy (non-hydrogen) atoms. The summed E-state index contributed by atoms with van der Waals surface area (Å²) in [5.74, 6) is -3.64. The molecule has 0 aliphatic heterocycles. The third-order valence-electron chi connectivity index (χ3n) is 6.02. The first-order valence-electron chi connectivity index (χ1n) is 11.7. The van der Waals surface area contributed by atoms with Crippen molar-refractivity contribution in [2.75, 3.05) is 12.4 Å². The van der Waals surface area contributed by atoms with Crippen molar-refractivity contribution in [2.45, 2.75) is 39.2 Å². The molecule has 0 saturated heterocycles. The number of imidazole rings is 1. The van der Waals surface area contributed by atoms with Crippen molar-refractivity contribution in [1.82, 2.24) is 14.1 Å². The van der Waals surface area contributed by atoms with Crippen molar-refractivity contribution < 1.29 is 17.9 Å². The molecule has 4 aromatic rings.